The van der Waals surface area contributed by atoms with Crippen LogP contribution in [0, 0.1) is 6.92 Å². The van der Waals surface area contributed by atoms with E-state index >= 15 is 0 Å². The van der Waals surface area contributed by atoms with Crippen LogP contribution in [0.2, 0.25) is 0 Å². The third kappa shape index (κ3) is 2.03. The molecule has 0 saturated heterocycles. The Morgan fingerprint density at radius 2 is 2.00 bits per heavy atom. The van der Waals surface area contributed by atoms with Crippen molar-refractivity contribution in [2.75, 3.05) is 0 Å². The topological polar surface area (TPSA) is 57.2 Å². The van der Waals surface area contributed by atoms with Crippen molar-refractivity contribution in [1.82, 2.24) is 0 Å². The lowest BCUT2D eigenvalue weighted by Gasteiger charge is -2.06. The van der Waals surface area contributed by atoms with Gasteiger partial charge in [0.05, 0.1) is 4.90 Å². The van der Waals surface area contributed by atoms with Crippen LogP contribution in [-0.2, 0) is 10.1 Å². The van der Waals surface area contributed by atoms with Crippen LogP contribution in [-0.4, -0.2) is 13.0 Å². The van der Waals surface area contributed by atoms with Gasteiger partial charge in [0.15, 0.2) is 0 Å². The van der Waals surface area contributed by atoms with Crippen molar-refractivity contribution in [3.05, 3.63) is 29.8 Å². The van der Waals surface area contributed by atoms with Gasteiger partial charge in [0.2, 0.25) is 0 Å². The molecule has 0 unspecified atom stereocenters. The molecule has 4 heteroatoms. The minimum absolute atomic E-state index is 0.169. The molecule has 0 spiro atoms. The fourth-order valence-corrected chi connectivity index (χ4v) is 1.35. The summed E-state index contributed by atoms with van der Waals surface area (Å²) in [5.41, 5.74) is 0.766. The standard InChI is InChI=1S/C7H8O3S/c1-6-3-2-4-7(5-6)11(8,9)10/h2-5H,1H3,(H,8,9,10)/p-1. The summed E-state index contributed by atoms with van der Waals surface area (Å²) in [6.45, 7) is 1.73. The SMILES string of the molecule is Cc1cccc(S(=O)(=O)[O-])c1. The smallest absolute Gasteiger partial charge is 0.124 e. The lowest BCUT2D eigenvalue weighted by atomic mass is 10.2. The Morgan fingerprint density at radius 1 is 1.36 bits per heavy atom. The zero-order valence-electron chi connectivity index (χ0n) is 5.94. The monoisotopic (exact) mass is 171 g/mol. The Labute approximate surface area is 65.4 Å². The van der Waals surface area contributed by atoms with Crippen LogP contribution in [0.5, 0.6) is 0 Å². The van der Waals surface area contributed by atoms with E-state index in [9.17, 15) is 13.0 Å². The predicted octanol–water partition coefficient (Wildman–Crippen LogP) is 0.899. The highest BCUT2D eigenvalue weighted by Gasteiger charge is 1.98. The number of hydrogen-bond donors (Lipinski definition) is 0. The van der Waals surface area contributed by atoms with Crippen molar-refractivity contribution < 1.29 is 13.0 Å². The summed E-state index contributed by atoms with van der Waals surface area (Å²) in [5.74, 6) is 0. The molecule has 3 nitrogen and oxygen atoms in total. The second-order valence-electron chi connectivity index (χ2n) is 2.27. The van der Waals surface area contributed by atoms with Gasteiger partial charge in [-0.15, -0.1) is 0 Å². The highest BCUT2D eigenvalue weighted by Crippen LogP contribution is 2.09. The van der Waals surface area contributed by atoms with Crippen molar-refractivity contribution in [3.8, 4) is 0 Å². The fraction of sp³-hybridized carbons (Fsp3) is 0.143. The first-order valence-corrected chi connectivity index (χ1v) is 4.43. The summed E-state index contributed by atoms with van der Waals surface area (Å²) in [4.78, 5) is -0.169. The van der Waals surface area contributed by atoms with E-state index in [1.165, 1.54) is 12.1 Å². The van der Waals surface area contributed by atoms with Crippen LogP contribution in [0.25, 0.3) is 0 Å². The van der Waals surface area contributed by atoms with E-state index in [0.29, 0.717) is 0 Å². The van der Waals surface area contributed by atoms with Gasteiger partial charge in [-0.2, -0.15) is 0 Å². The van der Waals surface area contributed by atoms with Crippen molar-refractivity contribution >= 4 is 10.1 Å². The van der Waals surface area contributed by atoms with E-state index in [4.69, 9.17) is 0 Å². The minimum atomic E-state index is -4.28. The van der Waals surface area contributed by atoms with Crippen molar-refractivity contribution in [2.45, 2.75) is 11.8 Å². The maximum absolute atomic E-state index is 10.4. The van der Waals surface area contributed by atoms with Crippen LogP contribution in [0.3, 0.4) is 0 Å². The molecule has 0 N–H and O–H groups in total. The Kier molecular flexibility index (Phi) is 1.97. The van der Waals surface area contributed by atoms with Gasteiger partial charge in [-0.1, -0.05) is 12.1 Å². The summed E-state index contributed by atoms with van der Waals surface area (Å²) in [5, 5.41) is 0. The Hall–Kier alpha value is -0.870. The second kappa shape index (κ2) is 2.64. The first kappa shape index (κ1) is 8.23. The van der Waals surface area contributed by atoms with E-state index in [0.717, 1.165) is 5.56 Å². The van der Waals surface area contributed by atoms with Gasteiger partial charge in [-0.3, -0.25) is 0 Å². The van der Waals surface area contributed by atoms with Gasteiger partial charge in [0, 0.05) is 0 Å². The van der Waals surface area contributed by atoms with Crippen LogP contribution >= 0.6 is 0 Å². The normalized spacial score (nSPS) is 11.5. The number of hydrogen-bond acceptors (Lipinski definition) is 3. The van der Waals surface area contributed by atoms with Crippen LogP contribution in [0.1, 0.15) is 5.56 Å². The largest absolute Gasteiger partial charge is 0.744 e. The molecule has 0 atom stereocenters. The third-order valence-electron chi connectivity index (χ3n) is 1.28. The molecule has 0 aliphatic carbocycles. The Morgan fingerprint density at radius 3 is 2.36 bits per heavy atom. The maximum atomic E-state index is 10.4. The molecule has 0 aromatic heterocycles. The van der Waals surface area contributed by atoms with Crippen molar-refractivity contribution in [2.24, 2.45) is 0 Å². The molecule has 0 fully saturated rings. The molecule has 0 aliphatic heterocycles. The molecule has 60 valence electrons. The Bertz CT molecular complexity index is 354. The van der Waals surface area contributed by atoms with E-state index < -0.39 is 10.1 Å². The molecule has 1 rings (SSSR count). The van der Waals surface area contributed by atoms with E-state index in [-0.39, 0.29) is 4.90 Å². The van der Waals surface area contributed by atoms with E-state index in [2.05, 4.69) is 0 Å². The van der Waals surface area contributed by atoms with E-state index in [1.54, 1.807) is 19.1 Å². The number of benzene rings is 1. The zero-order valence-corrected chi connectivity index (χ0v) is 6.76. The highest BCUT2D eigenvalue weighted by molar-refractivity contribution is 7.85. The van der Waals surface area contributed by atoms with E-state index in [1.807, 2.05) is 0 Å². The lowest BCUT2D eigenvalue weighted by molar-refractivity contribution is 0.463. The molecular formula is C7H7O3S-. The second-order valence-corrected chi connectivity index (χ2v) is 3.65. The molecule has 0 bridgehead atoms. The van der Waals surface area contributed by atoms with Gasteiger partial charge < -0.3 is 4.55 Å². The maximum Gasteiger partial charge on any atom is 0.124 e. The lowest BCUT2D eigenvalue weighted by Crippen LogP contribution is -1.97. The molecule has 0 heterocycles. The van der Waals surface area contributed by atoms with Gasteiger partial charge in [-0.05, 0) is 24.6 Å². The van der Waals surface area contributed by atoms with Gasteiger partial charge in [0.1, 0.15) is 10.1 Å². The zero-order chi connectivity index (χ0) is 8.48. The predicted molar refractivity (Wildman–Crippen MR) is 39.1 cm³/mol. The summed E-state index contributed by atoms with van der Waals surface area (Å²) in [7, 11) is -4.28. The highest BCUT2D eigenvalue weighted by atomic mass is 32.2. The Balaban J connectivity index is 3.28. The number of aryl methyl sites for hydroxylation is 1. The summed E-state index contributed by atoms with van der Waals surface area (Å²) < 4.78 is 31.3. The quantitative estimate of drug-likeness (QED) is 0.590. The first-order valence-electron chi connectivity index (χ1n) is 3.03. The van der Waals surface area contributed by atoms with Gasteiger partial charge in [0.25, 0.3) is 0 Å². The van der Waals surface area contributed by atoms with Crippen molar-refractivity contribution in [3.63, 3.8) is 0 Å². The molecule has 0 radical (unpaired) electrons. The van der Waals surface area contributed by atoms with Gasteiger partial charge in [-0.25, -0.2) is 8.42 Å². The molecule has 0 aliphatic rings. The summed E-state index contributed by atoms with van der Waals surface area (Å²) in [6, 6.07) is 5.91. The van der Waals surface area contributed by atoms with Gasteiger partial charge >= 0.3 is 0 Å². The van der Waals surface area contributed by atoms with Crippen LogP contribution < -0.4 is 0 Å². The van der Waals surface area contributed by atoms with Crippen LogP contribution in [0.4, 0.5) is 0 Å². The average molecular weight is 171 g/mol. The minimum Gasteiger partial charge on any atom is -0.744 e. The molecule has 1 aromatic carbocycles. The third-order valence-corrected chi connectivity index (χ3v) is 2.11. The molecule has 0 amide bonds. The molecular weight excluding hydrogens is 164 g/mol. The molecule has 11 heavy (non-hydrogen) atoms. The fourth-order valence-electron chi connectivity index (χ4n) is 0.771. The van der Waals surface area contributed by atoms with Crippen molar-refractivity contribution in [1.29, 1.82) is 0 Å². The first-order chi connectivity index (χ1) is 5.00. The number of rotatable bonds is 1. The molecule has 1 aromatic rings. The van der Waals surface area contributed by atoms with Crippen LogP contribution in [0.15, 0.2) is 29.2 Å². The average Bonchev–Trinajstić information content (AvgIpc) is 1.86. The summed E-state index contributed by atoms with van der Waals surface area (Å²) >= 11 is 0. The molecule has 0 saturated carbocycles. The summed E-state index contributed by atoms with van der Waals surface area (Å²) in [6.07, 6.45) is 0.